The summed E-state index contributed by atoms with van der Waals surface area (Å²) < 4.78 is 13.1. The van der Waals surface area contributed by atoms with Crippen LogP contribution in [0.4, 0.5) is 10.1 Å². The molecule has 0 atom stereocenters. The Bertz CT molecular complexity index is 528. The molecule has 3 N–H and O–H groups in total. The standard InChI is InChI=1S/C10H9ClFN3/c1-5-2-9(15-13)7-3-6(12)4-8(11)10(7)14-5/h2-4H,13H2,1H3,(H,14,15). The van der Waals surface area contributed by atoms with Crippen LogP contribution in [0.1, 0.15) is 5.69 Å². The molecule has 0 bridgehead atoms. The van der Waals surface area contributed by atoms with Gasteiger partial charge in [-0.15, -0.1) is 0 Å². The molecule has 2 rings (SSSR count). The molecule has 15 heavy (non-hydrogen) atoms. The van der Waals surface area contributed by atoms with E-state index in [9.17, 15) is 4.39 Å². The molecule has 0 aliphatic heterocycles. The smallest absolute Gasteiger partial charge is 0.125 e. The highest BCUT2D eigenvalue weighted by Gasteiger charge is 2.08. The van der Waals surface area contributed by atoms with Crippen molar-refractivity contribution in [3.8, 4) is 0 Å². The number of nitrogen functional groups attached to an aromatic ring is 1. The summed E-state index contributed by atoms with van der Waals surface area (Å²) in [6, 6.07) is 4.32. The Morgan fingerprint density at radius 1 is 1.40 bits per heavy atom. The molecule has 0 aliphatic rings. The maximum atomic E-state index is 13.1. The summed E-state index contributed by atoms with van der Waals surface area (Å²) in [5.41, 5.74) is 4.42. The number of fused-ring (bicyclic) bond motifs is 1. The van der Waals surface area contributed by atoms with Crippen LogP contribution in [0, 0.1) is 12.7 Å². The van der Waals surface area contributed by atoms with Crippen molar-refractivity contribution in [1.82, 2.24) is 4.98 Å². The first-order valence-electron chi connectivity index (χ1n) is 4.35. The van der Waals surface area contributed by atoms with Crippen LogP contribution in [0.25, 0.3) is 10.9 Å². The third-order valence-corrected chi connectivity index (χ3v) is 2.40. The number of pyridine rings is 1. The molecule has 0 aliphatic carbocycles. The normalized spacial score (nSPS) is 10.7. The second-order valence-corrected chi connectivity index (χ2v) is 3.65. The summed E-state index contributed by atoms with van der Waals surface area (Å²) in [4.78, 5) is 4.23. The molecule has 78 valence electrons. The van der Waals surface area contributed by atoms with E-state index in [0.29, 0.717) is 16.6 Å². The van der Waals surface area contributed by atoms with E-state index in [-0.39, 0.29) is 5.02 Å². The van der Waals surface area contributed by atoms with Crippen molar-refractivity contribution in [3.05, 3.63) is 34.7 Å². The number of nitrogens with one attached hydrogen (secondary N) is 1. The number of benzene rings is 1. The van der Waals surface area contributed by atoms with E-state index in [4.69, 9.17) is 17.4 Å². The predicted molar refractivity (Wildman–Crippen MR) is 59.3 cm³/mol. The fraction of sp³-hybridized carbons (Fsp3) is 0.100. The van der Waals surface area contributed by atoms with Gasteiger partial charge in [-0.3, -0.25) is 10.8 Å². The molecular weight excluding hydrogens is 217 g/mol. The number of hydrogen-bond donors (Lipinski definition) is 2. The Morgan fingerprint density at radius 3 is 2.80 bits per heavy atom. The summed E-state index contributed by atoms with van der Waals surface area (Å²) in [5, 5.41) is 0.860. The average Bonchev–Trinajstić information content (AvgIpc) is 2.18. The molecule has 1 aromatic carbocycles. The number of anilines is 1. The highest BCUT2D eigenvalue weighted by atomic mass is 35.5. The first-order chi connectivity index (χ1) is 7.11. The van der Waals surface area contributed by atoms with Gasteiger partial charge in [0.25, 0.3) is 0 Å². The van der Waals surface area contributed by atoms with E-state index < -0.39 is 5.82 Å². The van der Waals surface area contributed by atoms with Crippen LogP contribution < -0.4 is 11.3 Å². The number of nitrogens with two attached hydrogens (primary N) is 1. The lowest BCUT2D eigenvalue weighted by Crippen LogP contribution is -2.08. The number of aromatic nitrogens is 1. The van der Waals surface area contributed by atoms with E-state index in [0.717, 1.165) is 5.69 Å². The van der Waals surface area contributed by atoms with Crippen LogP contribution in [0.3, 0.4) is 0 Å². The molecule has 0 saturated heterocycles. The SMILES string of the molecule is Cc1cc(NN)c2cc(F)cc(Cl)c2n1. The third-order valence-electron chi connectivity index (χ3n) is 2.12. The van der Waals surface area contributed by atoms with Crippen LogP contribution >= 0.6 is 11.6 Å². The highest BCUT2D eigenvalue weighted by Crippen LogP contribution is 2.29. The molecular formula is C10H9ClFN3. The number of halogens is 2. The quantitative estimate of drug-likeness (QED) is 0.580. The van der Waals surface area contributed by atoms with Crippen molar-refractivity contribution >= 4 is 28.2 Å². The van der Waals surface area contributed by atoms with Gasteiger partial charge in [-0.25, -0.2) is 4.39 Å². The molecule has 1 aromatic heterocycles. The van der Waals surface area contributed by atoms with E-state index in [1.54, 1.807) is 6.07 Å². The second-order valence-electron chi connectivity index (χ2n) is 3.24. The van der Waals surface area contributed by atoms with Crippen molar-refractivity contribution in [2.75, 3.05) is 5.43 Å². The Balaban J connectivity index is 2.89. The molecule has 0 amide bonds. The summed E-state index contributed by atoms with van der Waals surface area (Å²) in [7, 11) is 0. The van der Waals surface area contributed by atoms with Gasteiger partial charge in [-0.2, -0.15) is 0 Å². The minimum Gasteiger partial charge on any atom is -0.323 e. The topological polar surface area (TPSA) is 50.9 Å². The highest BCUT2D eigenvalue weighted by molar-refractivity contribution is 6.35. The van der Waals surface area contributed by atoms with Gasteiger partial charge in [0.15, 0.2) is 0 Å². The lowest BCUT2D eigenvalue weighted by atomic mass is 10.1. The fourth-order valence-electron chi connectivity index (χ4n) is 1.50. The molecule has 0 saturated carbocycles. The maximum Gasteiger partial charge on any atom is 0.125 e. The number of rotatable bonds is 1. The first-order valence-corrected chi connectivity index (χ1v) is 4.72. The van der Waals surface area contributed by atoms with Gasteiger partial charge in [-0.05, 0) is 25.1 Å². The Labute approximate surface area is 91.0 Å². The fourth-order valence-corrected chi connectivity index (χ4v) is 1.75. The van der Waals surface area contributed by atoms with Crippen LogP contribution in [-0.2, 0) is 0 Å². The maximum absolute atomic E-state index is 13.1. The molecule has 1 heterocycles. The van der Waals surface area contributed by atoms with Gasteiger partial charge >= 0.3 is 0 Å². The van der Waals surface area contributed by atoms with Gasteiger partial charge < -0.3 is 5.43 Å². The summed E-state index contributed by atoms with van der Waals surface area (Å²) in [6.45, 7) is 1.82. The number of nitrogens with zero attached hydrogens (tertiary/aromatic N) is 1. The van der Waals surface area contributed by atoms with E-state index in [2.05, 4.69) is 10.4 Å². The molecule has 0 spiro atoms. The van der Waals surface area contributed by atoms with Crippen molar-refractivity contribution in [2.24, 2.45) is 5.84 Å². The molecule has 3 nitrogen and oxygen atoms in total. The van der Waals surface area contributed by atoms with Crippen LogP contribution in [0.5, 0.6) is 0 Å². The van der Waals surface area contributed by atoms with E-state index in [1.165, 1.54) is 12.1 Å². The minimum absolute atomic E-state index is 0.283. The molecule has 2 aromatic rings. The van der Waals surface area contributed by atoms with Gasteiger partial charge in [0, 0.05) is 11.1 Å². The monoisotopic (exact) mass is 225 g/mol. The Morgan fingerprint density at radius 2 is 2.13 bits per heavy atom. The Kier molecular flexibility index (Phi) is 2.46. The van der Waals surface area contributed by atoms with Gasteiger partial charge in [0.2, 0.25) is 0 Å². The van der Waals surface area contributed by atoms with Gasteiger partial charge in [0.1, 0.15) is 5.82 Å². The average molecular weight is 226 g/mol. The predicted octanol–water partition coefficient (Wildman–Crippen LogP) is 2.62. The largest absolute Gasteiger partial charge is 0.323 e. The summed E-state index contributed by atoms with van der Waals surface area (Å²) in [6.07, 6.45) is 0. The molecule has 5 heteroatoms. The van der Waals surface area contributed by atoms with Crippen LogP contribution in [0.2, 0.25) is 5.02 Å². The third kappa shape index (κ3) is 1.73. The Hall–Kier alpha value is -1.39. The number of hydrazine groups is 1. The minimum atomic E-state index is -0.408. The number of aryl methyl sites for hydroxylation is 1. The lowest BCUT2D eigenvalue weighted by Gasteiger charge is -2.08. The van der Waals surface area contributed by atoms with Crippen molar-refractivity contribution in [3.63, 3.8) is 0 Å². The first kappa shape index (κ1) is 10.1. The zero-order valence-electron chi connectivity index (χ0n) is 8.01. The summed E-state index contributed by atoms with van der Waals surface area (Å²) >= 11 is 5.89. The zero-order valence-corrected chi connectivity index (χ0v) is 8.77. The van der Waals surface area contributed by atoms with Gasteiger partial charge in [0.05, 0.1) is 16.2 Å². The van der Waals surface area contributed by atoms with Crippen LogP contribution in [0.15, 0.2) is 18.2 Å². The molecule has 0 radical (unpaired) electrons. The lowest BCUT2D eigenvalue weighted by molar-refractivity contribution is 0.629. The molecule has 0 fully saturated rings. The molecule has 0 unspecified atom stereocenters. The van der Waals surface area contributed by atoms with Crippen molar-refractivity contribution in [1.29, 1.82) is 0 Å². The second kappa shape index (κ2) is 3.64. The van der Waals surface area contributed by atoms with Crippen molar-refractivity contribution < 1.29 is 4.39 Å². The number of hydrogen-bond acceptors (Lipinski definition) is 3. The zero-order chi connectivity index (χ0) is 11.0. The van der Waals surface area contributed by atoms with Crippen LogP contribution in [-0.4, -0.2) is 4.98 Å². The van der Waals surface area contributed by atoms with E-state index in [1.807, 2.05) is 6.92 Å². The van der Waals surface area contributed by atoms with E-state index >= 15 is 0 Å². The summed E-state index contributed by atoms with van der Waals surface area (Å²) in [5.74, 6) is 4.93. The van der Waals surface area contributed by atoms with Gasteiger partial charge in [-0.1, -0.05) is 11.6 Å². The van der Waals surface area contributed by atoms with Crippen molar-refractivity contribution in [2.45, 2.75) is 6.92 Å².